The van der Waals surface area contributed by atoms with Crippen molar-refractivity contribution < 1.29 is 23.9 Å². The molecule has 4 amide bonds. The van der Waals surface area contributed by atoms with E-state index >= 15 is 0 Å². The zero-order valence-corrected chi connectivity index (χ0v) is 16.8. The van der Waals surface area contributed by atoms with Gasteiger partial charge in [0.15, 0.2) is 6.61 Å². The first-order valence-electron chi connectivity index (χ1n) is 9.99. The number of esters is 1. The molecule has 8 heteroatoms. The third-order valence-corrected chi connectivity index (χ3v) is 5.77. The fourth-order valence-corrected chi connectivity index (χ4v) is 3.89. The molecule has 1 aliphatic carbocycles. The summed E-state index contributed by atoms with van der Waals surface area (Å²) in [6, 6.07) is 6.61. The van der Waals surface area contributed by atoms with Crippen molar-refractivity contribution in [2.24, 2.45) is 5.92 Å². The molecule has 1 aromatic carbocycles. The Labute approximate surface area is 170 Å². The minimum atomic E-state index is -0.897. The lowest BCUT2D eigenvalue weighted by Gasteiger charge is -2.34. The molecule has 1 saturated carbocycles. The molecule has 2 N–H and O–H groups in total. The molecule has 1 saturated heterocycles. The molecule has 0 radical (unpaired) electrons. The summed E-state index contributed by atoms with van der Waals surface area (Å²) in [7, 11) is 0. The fourth-order valence-electron chi connectivity index (χ4n) is 3.89. The second kappa shape index (κ2) is 8.63. The Bertz CT molecular complexity index is 797. The Hall–Kier alpha value is -2.90. The van der Waals surface area contributed by atoms with Gasteiger partial charge in [0, 0.05) is 5.69 Å². The molecule has 0 aromatic heterocycles. The molecular formula is C21H27N3O5. The normalized spacial score (nSPS) is 23.8. The molecule has 1 spiro atoms. The fraction of sp³-hybridized carbons (Fsp3) is 0.524. The van der Waals surface area contributed by atoms with Crippen molar-refractivity contribution >= 4 is 29.5 Å². The van der Waals surface area contributed by atoms with Gasteiger partial charge >= 0.3 is 12.0 Å². The van der Waals surface area contributed by atoms with Crippen molar-refractivity contribution in [3.05, 3.63) is 29.8 Å². The molecule has 2 aliphatic rings. The third kappa shape index (κ3) is 4.75. The summed E-state index contributed by atoms with van der Waals surface area (Å²) in [6.45, 7) is 3.07. The average molecular weight is 401 g/mol. The van der Waals surface area contributed by atoms with Crippen LogP contribution in [0.2, 0.25) is 0 Å². The van der Waals surface area contributed by atoms with Gasteiger partial charge in [0.25, 0.3) is 11.8 Å². The summed E-state index contributed by atoms with van der Waals surface area (Å²) in [4.78, 5) is 49.9. The Morgan fingerprint density at radius 3 is 2.48 bits per heavy atom. The minimum Gasteiger partial charge on any atom is -0.454 e. The number of amides is 4. The van der Waals surface area contributed by atoms with Gasteiger partial charge in [0.05, 0.1) is 0 Å². The number of nitrogens with one attached hydrogen (secondary N) is 2. The highest BCUT2D eigenvalue weighted by Crippen LogP contribution is 2.37. The van der Waals surface area contributed by atoms with E-state index in [2.05, 4.69) is 17.6 Å². The predicted octanol–water partition coefficient (Wildman–Crippen LogP) is 2.37. The van der Waals surface area contributed by atoms with Crippen molar-refractivity contribution in [1.82, 2.24) is 10.2 Å². The number of carbonyl (C=O) groups excluding carboxylic acids is 4. The maximum absolute atomic E-state index is 12.8. The molecule has 29 heavy (non-hydrogen) atoms. The number of imide groups is 1. The lowest BCUT2D eigenvalue weighted by Crippen LogP contribution is -2.49. The number of hydrogen-bond donors (Lipinski definition) is 2. The number of benzene rings is 1. The average Bonchev–Trinajstić information content (AvgIpc) is 2.93. The van der Waals surface area contributed by atoms with Crippen LogP contribution in [-0.2, 0) is 19.1 Å². The van der Waals surface area contributed by atoms with E-state index in [1.807, 2.05) is 19.1 Å². The van der Waals surface area contributed by atoms with E-state index < -0.39 is 36.6 Å². The van der Waals surface area contributed by atoms with Crippen LogP contribution in [0.5, 0.6) is 0 Å². The standard InChI is InChI=1S/C21H27N3O5/c1-3-15-8-10-21(11-9-15)19(27)24(20(28)23-21)12-18(26)29-13-17(25)22-16-6-4-14(2)5-7-16/h4-7,15H,3,8-13H2,1-2H3,(H,22,25)(H,23,28). The second-order valence-corrected chi connectivity index (χ2v) is 7.83. The number of hydrogen-bond acceptors (Lipinski definition) is 5. The summed E-state index contributed by atoms with van der Waals surface area (Å²) in [6.07, 6.45) is 3.97. The molecule has 1 aromatic rings. The smallest absolute Gasteiger partial charge is 0.326 e. The first kappa shape index (κ1) is 20.8. The maximum atomic E-state index is 12.8. The van der Waals surface area contributed by atoms with Gasteiger partial charge in [-0.1, -0.05) is 31.0 Å². The minimum absolute atomic E-state index is 0.377. The van der Waals surface area contributed by atoms with Crippen LogP contribution in [0, 0.1) is 12.8 Å². The number of rotatable bonds is 6. The molecular weight excluding hydrogens is 374 g/mol. The molecule has 2 fully saturated rings. The van der Waals surface area contributed by atoms with Crippen molar-refractivity contribution in [2.45, 2.75) is 51.5 Å². The van der Waals surface area contributed by atoms with E-state index in [9.17, 15) is 19.2 Å². The van der Waals surface area contributed by atoms with Gasteiger partial charge in [-0.2, -0.15) is 0 Å². The highest BCUT2D eigenvalue weighted by molar-refractivity contribution is 6.08. The Morgan fingerprint density at radius 2 is 1.86 bits per heavy atom. The van der Waals surface area contributed by atoms with Crippen molar-refractivity contribution in [3.63, 3.8) is 0 Å². The summed E-state index contributed by atoms with van der Waals surface area (Å²) in [5.74, 6) is -1.10. The van der Waals surface area contributed by atoms with Crippen molar-refractivity contribution in [2.75, 3.05) is 18.5 Å². The molecule has 0 bridgehead atoms. The number of ether oxygens (including phenoxy) is 1. The SMILES string of the molecule is CCC1CCC2(CC1)NC(=O)N(CC(=O)OCC(=O)Nc1ccc(C)cc1)C2=O. The molecule has 156 valence electrons. The molecule has 1 aliphatic heterocycles. The molecule has 0 atom stereocenters. The van der Waals surface area contributed by atoms with E-state index in [0.29, 0.717) is 24.4 Å². The second-order valence-electron chi connectivity index (χ2n) is 7.83. The van der Waals surface area contributed by atoms with E-state index in [1.54, 1.807) is 12.1 Å². The zero-order valence-electron chi connectivity index (χ0n) is 16.8. The first-order chi connectivity index (χ1) is 13.8. The van der Waals surface area contributed by atoms with Crippen LogP contribution in [0.15, 0.2) is 24.3 Å². The van der Waals surface area contributed by atoms with Crippen molar-refractivity contribution in [3.8, 4) is 0 Å². The summed E-state index contributed by atoms with van der Waals surface area (Å²) in [5, 5.41) is 5.39. The predicted molar refractivity (Wildman–Crippen MR) is 106 cm³/mol. The van der Waals surface area contributed by atoms with E-state index in [-0.39, 0.29) is 5.91 Å². The summed E-state index contributed by atoms with van der Waals surface area (Å²) < 4.78 is 4.94. The molecule has 1 heterocycles. The van der Waals surface area contributed by atoms with Crippen LogP contribution >= 0.6 is 0 Å². The van der Waals surface area contributed by atoms with Crippen LogP contribution in [-0.4, -0.2) is 47.4 Å². The van der Waals surface area contributed by atoms with Crippen LogP contribution < -0.4 is 10.6 Å². The Morgan fingerprint density at radius 1 is 1.21 bits per heavy atom. The largest absolute Gasteiger partial charge is 0.454 e. The van der Waals surface area contributed by atoms with Gasteiger partial charge in [0.2, 0.25) is 0 Å². The number of anilines is 1. The number of nitrogens with zero attached hydrogens (tertiary/aromatic N) is 1. The highest BCUT2D eigenvalue weighted by atomic mass is 16.5. The van der Waals surface area contributed by atoms with Crippen LogP contribution in [0.1, 0.15) is 44.6 Å². The van der Waals surface area contributed by atoms with Crippen LogP contribution in [0.25, 0.3) is 0 Å². The topological polar surface area (TPSA) is 105 Å². The van der Waals surface area contributed by atoms with Gasteiger partial charge in [0.1, 0.15) is 12.1 Å². The van der Waals surface area contributed by atoms with E-state index in [0.717, 1.165) is 29.7 Å². The number of aryl methyl sites for hydroxylation is 1. The maximum Gasteiger partial charge on any atom is 0.326 e. The van der Waals surface area contributed by atoms with Gasteiger partial charge in [-0.15, -0.1) is 0 Å². The van der Waals surface area contributed by atoms with Gasteiger partial charge in [-0.3, -0.25) is 19.3 Å². The first-order valence-corrected chi connectivity index (χ1v) is 9.99. The highest BCUT2D eigenvalue weighted by Gasteiger charge is 2.52. The van der Waals surface area contributed by atoms with Gasteiger partial charge in [-0.25, -0.2) is 4.79 Å². The van der Waals surface area contributed by atoms with Gasteiger partial charge in [-0.05, 0) is 50.7 Å². The van der Waals surface area contributed by atoms with Crippen LogP contribution in [0.3, 0.4) is 0 Å². The lowest BCUT2D eigenvalue weighted by atomic mass is 9.75. The molecule has 3 rings (SSSR count). The Kier molecular flexibility index (Phi) is 6.20. The zero-order chi connectivity index (χ0) is 21.0. The monoisotopic (exact) mass is 401 g/mol. The van der Waals surface area contributed by atoms with Crippen LogP contribution in [0.4, 0.5) is 10.5 Å². The third-order valence-electron chi connectivity index (χ3n) is 5.77. The lowest BCUT2D eigenvalue weighted by molar-refractivity contribution is -0.150. The number of urea groups is 1. The van der Waals surface area contributed by atoms with Crippen molar-refractivity contribution in [1.29, 1.82) is 0 Å². The summed E-state index contributed by atoms with van der Waals surface area (Å²) in [5.41, 5.74) is 0.755. The number of carbonyl (C=O) groups is 4. The van der Waals surface area contributed by atoms with Gasteiger partial charge < -0.3 is 15.4 Å². The van der Waals surface area contributed by atoms with E-state index in [4.69, 9.17) is 4.74 Å². The molecule has 0 unspecified atom stereocenters. The molecule has 8 nitrogen and oxygen atoms in total. The summed E-state index contributed by atoms with van der Waals surface area (Å²) >= 11 is 0. The Balaban J connectivity index is 1.48. The van der Waals surface area contributed by atoms with E-state index in [1.165, 1.54) is 0 Å². The quantitative estimate of drug-likeness (QED) is 0.562.